The average molecular weight is 715 g/mol. The molecule has 0 aliphatic rings. The third kappa shape index (κ3) is 9.15. The van der Waals surface area contributed by atoms with Gasteiger partial charge in [-0.15, -0.1) is 23.1 Å². The Labute approximate surface area is 303 Å². The van der Waals surface area contributed by atoms with Crippen LogP contribution in [-0.2, 0) is 9.59 Å². The van der Waals surface area contributed by atoms with E-state index in [1.54, 1.807) is 54.6 Å². The van der Waals surface area contributed by atoms with Gasteiger partial charge in [-0.05, 0) is 66.6 Å². The van der Waals surface area contributed by atoms with Gasteiger partial charge >= 0.3 is 0 Å². The van der Waals surface area contributed by atoms with Crippen LogP contribution in [0, 0.1) is 6.92 Å². The summed E-state index contributed by atoms with van der Waals surface area (Å²) in [6.07, 6.45) is 1.65. The summed E-state index contributed by atoms with van der Waals surface area (Å²) in [6, 6.07) is 40.5. The van der Waals surface area contributed by atoms with Crippen molar-refractivity contribution in [1.82, 2.24) is 10.3 Å². The van der Waals surface area contributed by atoms with Gasteiger partial charge in [0.2, 0.25) is 5.91 Å². The van der Waals surface area contributed by atoms with Crippen LogP contribution < -0.4 is 16.0 Å². The van der Waals surface area contributed by atoms with Crippen molar-refractivity contribution < 1.29 is 14.4 Å². The summed E-state index contributed by atoms with van der Waals surface area (Å²) in [5.74, 6) is -1.13. The molecule has 6 aromatic rings. The molecule has 6 rings (SSSR count). The number of anilines is 2. The topological polar surface area (TPSA) is 100 Å². The van der Waals surface area contributed by atoms with E-state index in [1.807, 2.05) is 97.2 Å². The summed E-state index contributed by atoms with van der Waals surface area (Å²) in [7, 11) is 0. The molecule has 3 N–H and O–H groups in total. The van der Waals surface area contributed by atoms with Gasteiger partial charge in [-0.3, -0.25) is 14.4 Å². The van der Waals surface area contributed by atoms with Crippen molar-refractivity contribution in [3.63, 3.8) is 0 Å². The first-order chi connectivity index (χ1) is 24.3. The van der Waals surface area contributed by atoms with E-state index in [9.17, 15) is 14.4 Å². The molecule has 0 fully saturated rings. The first-order valence-electron chi connectivity index (χ1n) is 15.6. The Morgan fingerprint density at radius 1 is 0.800 bits per heavy atom. The molecule has 1 heterocycles. The number of halogens is 1. The number of aromatic nitrogens is 1. The first kappa shape index (κ1) is 34.4. The van der Waals surface area contributed by atoms with Gasteiger partial charge in [-0.2, -0.15) is 0 Å². The summed E-state index contributed by atoms with van der Waals surface area (Å²) in [5, 5.41) is 11.1. The van der Waals surface area contributed by atoms with E-state index in [2.05, 4.69) is 20.9 Å². The molecule has 1 unspecified atom stereocenters. The van der Waals surface area contributed by atoms with Crippen molar-refractivity contribution in [2.24, 2.45) is 0 Å². The van der Waals surface area contributed by atoms with Crippen molar-refractivity contribution >= 4 is 69.3 Å². The highest BCUT2D eigenvalue weighted by atomic mass is 35.5. The Morgan fingerprint density at radius 2 is 1.52 bits per heavy atom. The molecule has 248 valence electrons. The molecular weight excluding hydrogens is 684 g/mol. The third-order valence-corrected chi connectivity index (χ3v) is 9.70. The monoisotopic (exact) mass is 714 g/mol. The molecule has 0 aliphatic heterocycles. The van der Waals surface area contributed by atoms with Gasteiger partial charge in [0.15, 0.2) is 5.13 Å². The van der Waals surface area contributed by atoms with Gasteiger partial charge < -0.3 is 16.0 Å². The predicted molar refractivity (Wildman–Crippen MR) is 204 cm³/mol. The van der Waals surface area contributed by atoms with Gasteiger partial charge in [-0.1, -0.05) is 108 Å². The van der Waals surface area contributed by atoms with Crippen molar-refractivity contribution in [3.8, 4) is 11.3 Å². The number of thiazole rings is 1. The number of nitrogens with one attached hydrogen (secondary N) is 3. The highest BCUT2D eigenvalue weighted by molar-refractivity contribution is 8.00. The minimum Gasteiger partial charge on any atom is -0.321 e. The minimum absolute atomic E-state index is 0.0884. The summed E-state index contributed by atoms with van der Waals surface area (Å²) in [4.78, 5) is 45.9. The second kappa shape index (κ2) is 16.3. The van der Waals surface area contributed by atoms with Crippen LogP contribution in [0.3, 0.4) is 0 Å². The second-order valence-electron chi connectivity index (χ2n) is 11.2. The van der Waals surface area contributed by atoms with Crippen molar-refractivity contribution in [1.29, 1.82) is 0 Å². The number of amides is 3. The lowest BCUT2D eigenvalue weighted by Crippen LogP contribution is -2.30. The van der Waals surface area contributed by atoms with Crippen LogP contribution in [0.15, 0.2) is 149 Å². The molecule has 3 amide bonds. The standard InChI is InChI=1S/C40H31ClN4O3S2/c1-26-10-8-11-27(22-26)23-34(43-37(46)30-14-6-3-7-15-30)38(47)42-32-16-9-17-33(24-32)50-36(29-12-4-2-5-13-29)39(48)45-40-44-35(25-49-40)28-18-20-31(41)21-19-28/h2-25,36H,1H3,(H,42,47)(H,43,46)(H,44,45,48)/b34-23+. The van der Waals surface area contributed by atoms with Gasteiger partial charge in [-0.25, -0.2) is 4.98 Å². The number of rotatable bonds is 11. The molecule has 0 saturated heterocycles. The Bertz CT molecular complexity index is 2150. The number of nitrogens with zero attached hydrogens (tertiary/aromatic N) is 1. The zero-order valence-electron chi connectivity index (χ0n) is 26.8. The van der Waals surface area contributed by atoms with E-state index < -0.39 is 17.1 Å². The lowest BCUT2D eigenvalue weighted by atomic mass is 10.1. The van der Waals surface area contributed by atoms with Gasteiger partial charge in [0.25, 0.3) is 11.8 Å². The van der Waals surface area contributed by atoms with Crippen LogP contribution in [0.5, 0.6) is 0 Å². The predicted octanol–water partition coefficient (Wildman–Crippen LogP) is 9.65. The second-order valence-corrected chi connectivity index (χ2v) is 13.7. The zero-order valence-corrected chi connectivity index (χ0v) is 29.2. The van der Waals surface area contributed by atoms with Crippen molar-refractivity contribution in [2.45, 2.75) is 17.1 Å². The van der Waals surface area contributed by atoms with Crippen LogP contribution in [0.2, 0.25) is 5.02 Å². The molecule has 1 aromatic heterocycles. The largest absolute Gasteiger partial charge is 0.321 e. The lowest BCUT2D eigenvalue weighted by molar-refractivity contribution is -0.116. The maximum absolute atomic E-state index is 13.8. The molecule has 10 heteroatoms. The quantitative estimate of drug-likeness (QED) is 0.0917. The molecule has 0 spiro atoms. The summed E-state index contributed by atoms with van der Waals surface area (Å²) in [5.41, 5.74) is 5.26. The van der Waals surface area contributed by atoms with Gasteiger partial charge in [0.1, 0.15) is 10.9 Å². The maximum Gasteiger partial charge on any atom is 0.272 e. The molecular formula is C40H31ClN4O3S2. The molecule has 0 radical (unpaired) electrons. The van der Waals surface area contributed by atoms with Crippen LogP contribution in [-0.4, -0.2) is 22.7 Å². The third-order valence-electron chi connectivity index (χ3n) is 7.44. The fourth-order valence-electron chi connectivity index (χ4n) is 5.01. The molecule has 0 saturated carbocycles. The van der Waals surface area contributed by atoms with Gasteiger partial charge in [0, 0.05) is 32.1 Å². The average Bonchev–Trinajstić information content (AvgIpc) is 3.59. The highest BCUT2D eigenvalue weighted by Crippen LogP contribution is 2.38. The molecule has 1 atom stereocenters. The normalized spacial score (nSPS) is 11.8. The lowest BCUT2D eigenvalue weighted by Gasteiger charge is -2.17. The highest BCUT2D eigenvalue weighted by Gasteiger charge is 2.24. The van der Waals surface area contributed by atoms with Crippen LogP contribution in [0.1, 0.15) is 32.3 Å². The van der Waals surface area contributed by atoms with E-state index in [1.165, 1.54) is 23.1 Å². The smallest absolute Gasteiger partial charge is 0.272 e. The van der Waals surface area contributed by atoms with Gasteiger partial charge in [0.05, 0.1) is 5.69 Å². The molecule has 0 bridgehead atoms. The number of aryl methyl sites for hydroxylation is 1. The van der Waals surface area contributed by atoms with Crippen LogP contribution in [0.25, 0.3) is 17.3 Å². The molecule has 7 nitrogen and oxygen atoms in total. The van der Waals surface area contributed by atoms with E-state index in [0.29, 0.717) is 21.4 Å². The molecule has 0 aliphatic carbocycles. The number of hydrogen-bond donors (Lipinski definition) is 3. The number of hydrogen-bond acceptors (Lipinski definition) is 6. The fourth-order valence-corrected chi connectivity index (χ4v) is 6.94. The fraction of sp³-hybridized carbons (Fsp3) is 0.0500. The summed E-state index contributed by atoms with van der Waals surface area (Å²) in [6.45, 7) is 1.96. The summed E-state index contributed by atoms with van der Waals surface area (Å²) >= 11 is 8.73. The van der Waals surface area contributed by atoms with Crippen LogP contribution >= 0.6 is 34.7 Å². The van der Waals surface area contributed by atoms with E-state index in [4.69, 9.17) is 11.6 Å². The molecule has 50 heavy (non-hydrogen) atoms. The first-order valence-corrected chi connectivity index (χ1v) is 17.7. The maximum atomic E-state index is 13.8. The number of benzene rings is 5. The Morgan fingerprint density at radius 3 is 2.26 bits per heavy atom. The number of thioether (sulfide) groups is 1. The molecule has 5 aromatic carbocycles. The Kier molecular flexibility index (Phi) is 11.2. The zero-order chi connectivity index (χ0) is 34.9. The SMILES string of the molecule is Cc1cccc(/C=C(/NC(=O)c2ccccc2)C(=O)Nc2cccc(SC(C(=O)Nc3nc(-c4ccc(Cl)cc4)cs3)c3ccccc3)c2)c1. The number of carbonyl (C=O) groups is 3. The van der Waals surface area contributed by atoms with E-state index in [0.717, 1.165) is 32.8 Å². The Hall–Kier alpha value is -5.48. The summed E-state index contributed by atoms with van der Waals surface area (Å²) < 4.78 is 0. The van der Waals surface area contributed by atoms with Crippen molar-refractivity contribution in [3.05, 3.63) is 172 Å². The van der Waals surface area contributed by atoms with Crippen LogP contribution in [0.4, 0.5) is 10.8 Å². The minimum atomic E-state index is -0.619. The van der Waals surface area contributed by atoms with E-state index in [-0.39, 0.29) is 11.6 Å². The van der Waals surface area contributed by atoms with Crippen molar-refractivity contribution in [2.75, 3.05) is 10.6 Å². The Balaban J connectivity index is 1.21. The van der Waals surface area contributed by atoms with E-state index >= 15 is 0 Å². The number of carbonyl (C=O) groups excluding carboxylic acids is 3.